The number of amides is 2. The second-order valence-corrected chi connectivity index (χ2v) is 7.15. The molecule has 3 rings (SSSR count). The van der Waals surface area contributed by atoms with Gasteiger partial charge in [0.1, 0.15) is 0 Å². The summed E-state index contributed by atoms with van der Waals surface area (Å²) in [6, 6.07) is 16.3. The predicted octanol–water partition coefficient (Wildman–Crippen LogP) is 4.00. The predicted molar refractivity (Wildman–Crippen MR) is 114 cm³/mol. The van der Waals surface area contributed by atoms with Crippen LogP contribution in [0.25, 0.3) is 0 Å². The number of rotatable bonds is 7. The Bertz CT molecular complexity index is 1090. The minimum atomic E-state index is -0.757. The third-order valence-electron chi connectivity index (χ3n) is 4.05. The molecule has 8 heteroatoms. The van der Waals surface area contributed by atoms with Gasteiger partial charge in [0.2, 0.25) is 0 Å². The fourth-order valence-electron chi connectivity index (χ4n) is 2.66. The fourth-order valence-corrected chi connectivity index (χ4v) is 3.27. The van der Waals surface area contributed by atoms with Gasteiger partial charge < -0.3 is 15.4 Å². The number of para-hydroxylation sites is 2. The first-order chi connectivity index (χ1) is 14.5. The van der Waals surface area contributed by atoms with Gasteiger partial charge in [-0.25, -0.2) is 4.79 Å². The molecule has 0 saturated carbocycles. The van der Waals surface area contributed by atoms with Crippen molar-refractivity contribution in [1.82, 2.24) is 0 Å². The van der Waals surface area contributed by atoms with Crippen LogP contribution in [0.2, 0.25) is 0 Å². The lowest BCUT2D eigenvalue weighted by atomic mass is 10.1. The Morgan fingerprint density at radius 1 is 0.833 bits per heavy atom. The molecule has 0 saturated heterocycles. The Morgan fingerprint density at radius 2 is 1.47 bits per heavy atom. The number of nitrogens with one attached hydrogen (secondary N) is 2. The van der Waals surface area contributed by atoms with Gasteiger partial charge in [-0.1, -0.05) is 30.3 Å². The Kier molecular flexibility index (Phi) is 6.71. The van der Waals surface area contributed by atoms with E-state index in [1.165, 1.54) is 24.3 Å². The number of carbonyl (C=O) groups is 4. The number of hydrogen-bond donors (Lipinski definition) is 2. The average molecular weight is 422 g/mol. The largest absolute Gasteiger partial charge is 0.452 e. The van der Waals surface area contributed by atoms with E-state index in [1.54, 1.807) is 60.0 Å². The third kappa shape index (κ3) is 5.18. The van der Waals surface area contributed by atoms with Gasteiger partial charge in [0.05, 0.1) is 21.8 Å². The maximum Gasteiger partial charge on any atom is 0.340 e. The van der Waals surface area contributed by atoms with E-state index in [2.05, 4.69) is 10.6 Å². The number of Topliss-reactive ketones (excluding diaryl/α,β-unsaturated/α-hetero) is 1. The van der Waals surface area contributed by atoms with Crippen LogP contribution in [0.4, 0.5) is 11.4 Å². The van der Waals surface area contributed by atoms with Gasteiger partial charge in [-0.3, -0.25) is 14.4 Å². The number of ketones is 1. The lowest BCUT2D eigenvalue weighted by Crippen LogP contribution is -2.22. The SMILES string of the molecule is CC(=O)c1ccccc1NC(=O)COC(=O)c1ccccc1NC(=O)c1cccs1. The van der Waals surface area contributed by atoms with Gasteiger partial charge in [-0.05, 0) is 42.6 Å². The van der Waals surface area contributed by atoms with Crippen LogP contribution in [0.5, 0.6) is 0 Å². The highest BCUT2D eigenvalue weighted by Gasteiger charge is 2.17. The molecule has 1 aromatic heterocycles. The van der Waals surface area contributed by atoms with Crippen LogP contribution in [0.3, 0.4) is 0 Å². The minimum Gasteiger partial charge on any atom is -0.452 e. The molecule has 0 unspecified atom stereocenters. The summed E-state index contributed by atoms with van der Waals surface area (Å²) in [6.45, 7) is 0.852. The first kappa shape index (κ1) is 20.9. The van der Waals surface area contributed by atoms with E-state index in [-0.39, 0.29) is 22.9 Å². The molecule has 0 atom stereocenters. The molecule has 30 heavy (non-hydrogen) atoms. The first-order valence-electron chi connectivity index (χ1n) is 8.96. The summed E-state index contributed by atoms with van der Waals surface area (Å²) in [5.41, 5.74) is 1.11. The second kappa shape index (κ2) is 9.62. The summed E-state index contributed by atoms with van der Waals surface area (Å²) in [5.74, 6) is -1.88. The first-order valence-corrected chi connectivity index (χ1v) is 9.84. The number of hydrogen-bond acceptors (Lipinski definition) is 6. The standard InChI is InChI=1S/C22H18N2O5S/c1-14(25)15-7-2-4-9-17(15)23-20(26)13-29-22(28)16-8-3-5-10-18(16)24-21(27)19-11-6-12-30-19/h2-12H,13H2,1H3,(H,23,26)(H,24,27). The van der Waals surface area contributed by atoms with Crippen LogP contribution >= 0.6 is 11.3 Å². The highest BCUT2D eigenvalue weighted by Crippen LogP contribution is 2.19. The average Bonchev–Trinajstić information content (AvgIpc) is 3.28. The van der Waals surface area contributed by atoms with E-state index in [9.17, 15) is 19.2 Å². The molecule has 2 aromatic carbocycles. The Hall–Kier alpha value is -3.78. The Labute approximate surface area is 176 Å². The molecule has 1 heterocycles. The van der Waals surface area contributed by atoms with E-state index in [1.807, 2.05) is 0 Å². The lowest BCUT2D eigenvalue weighted by molar-refractivity contribution is -0.119. The van der Waals surface area contributed by atoms with Crippen molar-refractivity contribution in [3.8, 4) is 0 Å². The summed E-state index contributed by atoms with van der Waals surface area (Å²) in [7, 11) is 0. The summed E-state index contributed by atoms with van der Waals surface area (Å²) >= 11 is 1.28. The van der Waals surface area contributed by atoms with Crippen LogP contribution in [0.1, 0.15) is 37.3 Å². The molecule has 0 bridgehead atoms. The lowest BCUT2D eigenvalue weighted by Gasteiger charge is -2.11. The van der Waals surface area contributed by atoms with Crippen LogP contribution in [0.15, 0.2) is 66.0 Å². The van der Waals surface area contributed by atoms with Crippen LogP contribution < -0.4 is 10.6 Å². The van der Waals surface area contributed by atoms with Gasteiger partial charge in [0.15, 0.2) is 12.4 Å². The second-order valence-electron chi connectivity index (χ2n) is 6.20. The number of thiophene rings is 1. The summed E-state index contributed by atoms with van der Waals surface area (Å²) in [6.07, 6.45) is 0. The molecule has 2 amide bonds. The van der Waals surface area contributed by atoms with E-state index in [0.717, 1.165) is 0 Å². The van der Waals surface area contributed by atoms with Crippen molar-refractivity contribution in [2.45, 2.75) is 6.92 Å². The summed E-state index contributed by atoms with van der Waals surface area (Å²) in [5, 5.41) is 7.01. The van der Waals surface area contributed by atoms with Crippen molar-refractivity contribution >= 4 is 46.3 Å². The van der Waals surface area contributed by atoms with Crippen molar-refractivity contribution in [2.24, 2.45) is 0 Å². The molecule has 0 radical (unpaired) electrons. The normalized spacial score (nSPS) is 10.2. The quantitative estimate of drug-likeness (QED) is 0.443. The molecule has 152 valence electrons. The zero-order valence-corrected chi connectivity index (χ0v) is 16.8. The van der Waals surface area contributed by atoms with Crippen molar-refractivity contribution in [3.05, 3.63) is 82.0 Å². The van der Waals surface area contributed by atoms with Crippen LogP contribution in [-0.2, 0) is 9.53 Å². The molecule has 0 spiro atoms. The van der Waals surface area contributed by atoms with E-state index >= 15 is 0 Å². The monoisotopic (exact) mass is 422 g/mol. The number of benzene rings is 2. The van der Waals surface area contributed by atoms with Crippen molar-refractivity contribution in [2.75, 3.05) is 17.2 Å². The number of esters is 1. The smallest absolute Gasteiger partial charge is 0.340 e. The topological polar surface area (TPSA) is 102 Å². The van der Waals surface area contributed by atoms with Gasteiger partial charge >= 0.3 is 5.97 Å². The zero-order valence-electron chi connectivity index (χ0n) is 16.0. The van der Waals surface area contributed by atoms with Gasteiger partial charge in [0.25, 0.3) is 11.8 Å². The Morgan fingerprint density at radius 3 is 2.10 bits per heavy atom. The van der Waals surface area contributed by atoms with Gasteiger partial charge in [0, 0.05) is 5.56 Å². The highest BCUT2D eigenvalue weighted by molar-refractivity contribution is 7.12. The summed E-state index contributed by atoms with van der Waals surface area (Å²) in [4.78, 5) is 49.0. The molecule has 2 N–H and O–H groups in total. The van der Waals surface area contributed by atoms with Crippen molar-refractivity contribution < 1.29 is 23.9 Å². The number of anilines is 2. The maximum atomic E-state index is 12.5. The minimum absolute atomic E-state index is 0.124. The van der Waals surface area contributed by atoms with Crippen molar-refractivity contribution in [1.29, 1.82) is 0 Å². The fraction of sp³-hybridized carbons (Fsp3) is 0.0909. The van der Waals surface area contributed by atoms with Gasteiger partial charge in [-0.2, -0.15) is 0 Å². The maximum absolute atomic E-state index is 12.5. The molecule has 0 aliphatic heterocycles. The molecular formula is C22H18N2O5S. The number of ether oxygens (including phenoxy) is 1. The highest BCUT2D eigenvalue weighted by atomic mass is 32.1. The molecule has 0 aliphatic carbocycles. The van der Waals surface area contributed by atoms with E-state index in [0.29, 0.717) is 16.1 Å². The molecular weight excluding hydrogens is 404 g/mol. The third-order valence-corrected chi connectivity index (χ3v) is 4.92. The summed E-state index contributed by atoms with van der Waals surface area (Å²) < 4.78 is 5.09. The Balaban J connectivity index is 1.63. The van der Waals surface area contributed by atoms with Gasteiger partial charge in [-0.15, -0.1) is 11.3 Å². The van der Waals surface area contributed by atoms with Crippen LogP contribution in [-0.4, -0.2) is 30.2 Å². The van der Waals surface area contributed by atoms with Crippen LogP contribution in [0, 0.1) is 0 Å². The van der Waals surface area contributed by atoms with E-state index in [4.69, 9.17) is 4.74 Å². The molecule has 0 fully saturated rings. The molecule has 3 aromatic rings. The molecule has 7 nitrogen and oxygen atoms in total. The van der Waals surface area contributed by atoms with Crippen molar-refractivity contribution in [3.63, 3.8) is 0 Å². The van der Waals surface area contributed by atoms with E-state index < -0.39 is 18.5 Å². The number of carbonyl (C=O) groups excluding carboxylic acids is 4. The molecule has 0 aliphatic rings. The zero-order chi connectivity index (χ0) is 21.5.